The molecule has 3 aromatic carbocycles. The van der Waals surface area contributed by atoms with Gasteiger partial charge in [-0.3, -0.25) is 9.10 Å². The van der Waals surface area contributed by atoms with Gasteiger partial charge in [-0.05, 0) is 59.5 Å². The maximum atomic E-state index is 12.7. The zero-order valence-electron chi connectivity index (χ0n) is 19.4. The van der Waals surface area contributed by atoms with Crippen LogP contribution in [0.3, 0.4) is 0 Å². The molecule has 3 rings (SSSR count). The van der Waals surface area contributed by atoms with Crippen molar-refractivity contribution in [2.75, 3.05) is 24.5 Å². The zero-order chi connectivity index (χ0) is 24.1. The highest BCUT2D eigenvalue weighted by Crippen LogP contribution is 2.24. The molecule has 33 heavy (non-hydrogen) atoms. The Hall–Kier alpha value is -3.32. The fraction of sp³-hybridized carbons (Fsp3) is 0.269. The average Bonchev–Trinajstić information content (AvgIpc) is 2.81. The van der Waals surface area contributed by atoms with Crippen molar-refractivity contribution in [1.29, 1.82) is 0 Å². The second-order valence-corrected chi connectivity index (χ2v) is 10.7. The molecular formula is C26H30N2O4S. The van der Waals surface area contributed by atoms with Gasteiger partial charge in [-0.2, -0.15) is 0 Å². The number of sulfonamides is 1. The van der Waals surface area contributed by atoms with E-state index in [1.807, 2.05) is 24.3 Å². The fourth-order valence-electron chi connectivity index (χ4n) is 3.20. The van der Waals surface area contributed by atoms with Crippen LogP contribution in [0, 0.1) is 0 Å². The Balaban J connectivity index is 1.52. The molecule has 3 aromatic rings. The van der Waals surface area contributed by atoms with Gasteiger partial charge in [-0.1, -0.05) is 51.1 Å². The Morgan fingerprint density at radius 2 is 1.52 bits per heavy atom. The lowest BCUT2D eigenvalue weighted by molar-refractivity contribution is 0.0947. The number of carbonyl (C=O) groups is 1. The molecule has 0 aliphatic heterocycles. The molecule has 0 aromatic heterocycles. The van der Waals surface area contributed by atoms with Gasteiger partial charge in [-0.25, -0.2) is 8.42 Å². The summed E-state index contributed by atoms with van der Waals surface area (Å²) in [6.07, 6.45) is 0. The lowest BCUT2D eigenvalue weighted by Gasteiger charge is -2.19. The van der Waals surface area contributed by atoms with Crippen molar-refractivity contribution in [2.24, 2.45) is 0 Å². The number of benzene rings is 3. The van der Waals surface area contributed by atoms with Crippen LogP contribution in [0.1, 0.15) is 36.7 Å². The highest BCUT2D eigenvalue weighted by molar-refractivity contribution is 7.92. The summed E-state index contributed by atoms with van der Waals surface area (Å²) < 4.78 is 32.4. The summed E-state index contributed by atoms with van der Waals surface area (Å²) in [5.41, 5.74) is 2.23. The smallest absolute Gasteiger partial charge is 0.264 e. The van der Waals surface area contributed by atoms with Crippen LogP contribution in [0.25, 0.3) is 0 Å². The summed E-state index contributed by atoms with van der Waals surface area (Å²) in [6, 6.07) is 22.6. The summed E-state index contributed by atoms with van der Waals surface area (Å²) in [4.78, 5) is 12.6. The van der Waals surface area contributed by atoms with Crippen molar-refractivity contribution in [1.82, 2.24) is 5.32 Å². The second-order valence-electron chi connectivity index (χ2n) is 8.71. The SMILES string of the molecule is CN(c1ccc(C(=O)NCCOc2ccc(C(C)(C)C)cc2)cc1)S(=O)(=O)c1ccccc1. The van der Waals surface area contributed by atoms with Crippen LogP contribution in [0.2, 0.25) is 0 Å². The molecular weight excluding hydrogens is 436 g/mol. The van der Waals surface area contributed by atoms with E-state index in [9.17, 15) is 13.2 Å². The predicted octanol–water partition coefficient (Wildman–Crippen LogP) is 4.62. The second kappa shape index (κ2) is 10.1. The number of amides is 1. The first-order chi connectivity index (χ1) is 15.6. The van der Waals surface area contributed by atoms with Crippen molar-refractivity contribution in [3.05, 3.63) is 90.0 Å². The number of hydrogen-bond donors (Lipinski definition) is 1. The Morgan fingerprint density at radius 3 is 2.09 bits per heavy atom. The largest absolute Gasteiger partial charge is 0.492 e. The van der Waals surface area contributed by atoms with Crippen molar-refractivity contribution in [3.63, 3.8) is 0 Å². The monoisotopic (exact) mass is 466 g/mol. The predicted molar refractivity (Wildman–Crippen MR) is 131 cm³/mol. The van der Waals surface area contributed by atoms with Crippen molar-refractivity contribution in [2.45, 2.75) is 31.1 Å². The summed E-state index contributed by atoms with van der Waals surface area (Å²) in [6.45, 7) is 7.17. The third kappa shape index (κ3) is 6.14. The Morgan fingerprint density at radius 1 is 0.909 bits per heavy atom. The number of nitrogens with one attached hydrogen (secondary N) is 1. The van der Waals surface area contributed by atoms with Crippen LogP contribution in [-0.2, 0) is 15.4 Å². The molecule has 0 radical (unpaired) electrons. The molecule has 0 spiro atoms. The summed E-state index contributed by atoms with van der Waals surface area (Å²) in [5.74, 6) is 0.506. The molecule has 0 heterocycles. The van der Waals surface area contributed by atoms with Gasteiger partial charge in [-0.15, -0.1) is 0 Å². The summed E-state index contributed by atoms with van der Waals surface area (Å²) in [5, 5.41) is 2.81. The number of rotatable bonds is 8. The van der Waals surface area contributed by atoms with E-state index in [1.165, 1.54) is 16.9 Å². The molecule has 1 N–H and O–H groups in total. The Bertz CT molecular complexity index is 1170. The highest BCUT2D eigenvalue weighted by atomic mass is 32.2. The van der Waals surface area contributed by atoms with Crippen LogP contribution >= 0.6 is 0 Å². The lowest BCUT2D eigenvalue weighted by atomic mass is 9.87. The first-order valence-corrected chi connectivity index (χ1v) is 12.2. The van der Waals surface area contributed by atoms with E-state index in [-0.39, 0.29) is 16.2 Å². The normalized spacial score (nSPS) is 11.6. The molecule has 6 nitrogen and oxygen atoms in total. The van der Waals surface area contributed by atoms with Gasteiger partial charge in [0.2, 0.25) is 0 Å². The minimum Gasteiger partial charge on any atom is -0.492 e. The molecule has 0 aliphatic rings. The first-order valence-electron chi connectivity index (χ1n) is 10.7. The molecule has 174 valence electrons. The van der Waals surface area contributed by atoms with Gasteiger partial charge in [0.1, 0.15) is 12.4 Å². The number of hydrogen-bond acceptors (Lipinski definition) is 4. The third-order valence-electron chi connectivity index (χ3n) is 5.27. The van der Waals surface area contributed by atoms with Crippen LogP contribution in [0.15, 0.2) is 83.8 Å². The van der Waals surface area contributed by atoms with Crippen molar-refractivity contribution in [3.8, 4) is 5.75 Å². The number of nitrogens with zero attached hydrogens (tertiary/aromatic N) is 1. The number of ether oxygens (including phenoxy) is 1. The van der Waals surface area contributed by atoms with Gasteiger partial charge in [0.05, 0.1) is 17.1 Å². The minimum atomic E-state index is -3.66. The minimum absolute atomic E-state index is 0.0859. The van der Waals surface area contributed by atoms with Gasteiger partial charge in [0.15, 0.2) is 0 Å². The number of carbonyl (C=O) groups excluding carboxylic acids is 1. The standard InChI is InChI=1S/C26H30N2O4S/c1-26(2,3)21-12-16-23(17-13-21)32-19-18-27-25(29)20-10-14-22(15-11-20)28(4)33(30,31)24-8-6-5-7-9-24/h5-17H,18-19H2,1-4H3,(H,27,29). The molecule has 7 heteroatoms. The van der Waals surface area contributed by atoms with E-state index in [0.29, 0.717) is 24.4 Å². The van der Waals surface area contributed by atoms with Gasteiger partial charge in [0, 0.05) is 12.6 Å². The molecule has 0 aliphatic carbocycles. The van der Waals surface area contributed by atoms with Crippen molar-refractivity contribution < 1.29 is 17.9 Å². The molecule has 0 saturated heterocycles. The van der Waals surface area contributed by atoms with E-state index in [2.05, 4.69) is 26.1 Å². The maximum Gasteiger partial charge on any atom is 0.264 e. The van der Waals surface area contributed by atoms with Crippen molar-refractivity contribution >= 4 is 21.6 Å². The molecule has 0 bridgehead atoms. The summed E-state index contributed by atoms with van der Waals surface area (Å²) >= 11 is 0. The Labute approximate surface area is 196 Å². The van der Waals surface area contributed by atoms with Gasteiger partial charge < -0.3 is 10.1 Å². The number of anilines is 1. The fourth-order valence-corrected chi connectivity index (χ4v) is 4.42. The molecule has 0 unspecified atom stereocenters. The topological polar surface area (TPSA) is 75.7 Å². The van der Waals surface area contributed by atoms with E-state index in [0.717, 1.165) is 5.75 Å². The van der Waals surface area contributed by atoms with Crippen LogP contribution < -0.4 is 14.4 Å². The molecule has 1 amide bonds. The van der Waals surface area contributed by atoms with E-state index >= 15 is 0 Å². The molecule has 0 atom stereocenters. The highest BCUT2D eigenvalue weighted by Gasteiger charge is 2.21. The van der Waals surface area contributed by atoms with Gasteiger partial charge >= 0.3 is 0 Å². The van der Waals surface area contributed by atoms with E-state index in [1.54, 1.807) is 54.6 Å². The van der Waals surface area contributed by atoms with Crippen LogP contribution in [-0.4, -0.2) is 34.5 Å². The summed E-state index contributed by atoms with van der Waals surface area (Å²) in [7, 11) is -2.18. The zero-order valence-corrected chi connectivity index (χ0v) is 20.2. The Kier molecular flexibility index (Phi) is 7.43. The van der Waals surface area contributed by atoms with E-state index in [4.69, 9.17) is 4.74 Å². The molecule has 0 fully saturated rings. The van der Waals surface area contributed by atoms with Crippen LogP contribution in [0.5, 0.6) is 5.75 Å². The first kappa shape index (κ1) is 24.3. The van der Waals surface area contributed by atoms with E-state index < -0.39 is 10.0 Å². The third-order valence-corrected chi connectivity index (χ3v) is 7.07. The average molecular weight is 467 g/mol. The quantitative estimate of drug-likeness (QED) is 0.492. The lowest BCUT2D eigenvalue weighted by Crippen LogP contribution is -2.28. The maximum absolute atomic E-state index is 12.7. The van der Waals surface area contributed by atoms with Crippen LogP contribution in [0.4, 0.5) is 5.69 Å². The van der Waals surface area contributed by atoms with Gasteiger partial charge in [0.25, 0.3) is 15.9 Å². The molecule has 0 saturated carbocycles.